The summed E-state index contributed by atoms with van der Waals surface area (Å²) < 4.78 is 6.14. The highest BCUT2D eigenvalue weighted by atomic mass is 16.5. The number of rotatable bonds is 3. The van der Waals surface area contributed by atoms with Crippen LogP contribution in [-0.2, 0) is 9.53 Å². The molecule has 5 rings (SSSR count). The van der Waals surface area contributed by atoms with Crippen molar-refractivity contribution in [2.75, 3.05) is 14.2 Å². The highest BCUT2D eigenvalue weighted by Gasteiger charge is 2.65. The molecule has 0 amide bonds. The van der Waals surface area contributed by atoms with Crippen LogP contribution in [0.4, 0.5) is 0 Å². The Bertz CT molecular complexity index is 988. The largest absolute Gasteiger partial charge is 0.370 e. The molecule has 0 bridgehead atoms. The van der Waals surface area contributed by atoms with Crippen LogP contribution in [0.15, 0.2) is 58.1 Å². The quantitative estimate of drug-likeness (QED) is 0.599. The zero-order valence-electron chi connectivity index (χ0n) is 19.4. The Labute approximate surface area is 186 Å². The molecule has 0 N–H and O–H groups in total. The molecule has 2 saturated carbocycles. The van der Waals surface area contributed by atoms with Crippen molar-refractivity contribution in [2.45, 2.75) is 70.3 Å². The van der Waals surface area contributed by atoms with Crippen molar-refractivity contribution in [1.29, 1.82) is 0 Å². The highest BCUT2D eigenvalue weighted by molar-refractivity contribution is 5.97. The minimum Gasteiger partial charge on any atom is -0.370 e. The fraction of sp³-hybridized carbons (Fsp3) is 0.571. The number of methoxy groups -OCH3 is 1. The van der Waals surface area contributed by atoms with Gasteiger partial charge in [0.05, 0.1) is 0 Å². The molecule has 0 spiro atoms. The number of carbonyl (C=O) groups is 1. The Hall–Kier alpha value is -2.00. The van der Waals surface area contributed by atoms with E-state index in [1.807, 2.05) is 7.05 Å². The van der Waals surface area contributed by atoms with Crippen LogP contribution in [0.5, 0.6) is 0 Å². The first kappa shape index (κ1) is 20.9. The fourth-order valence-electron chi connectivity index (χ4n) is 7.88. The number of ether oxygens (including phenoxy) is 1. The van der Waals surface area contributed by atoms with E-state index in [1.54, 1.807) is 25.2 Å². The molecule has 2 unspecified atom stereocenters. The average Bonchev–Trinajstić information content (AvgIpc) is 3.11. The maximum Gasteiger partial charge on any atom is 0.162 e. The van der Waals surface area contributed by atoms with E-state index < -0.39 is 5.60 Å². The Morgan fingerprint density at radius 1 is 1.13 bits per heavy atom. The standard InChI is InChI=1S/C28H35NO2/c1-18(30)28(31-4)15-14-25-23-12-10-20-16-21(29-3)11-13-22(20)26(23)24(17-27(25,28)2)19-8-6-5-7-9-19/h5-9,16,23-25H,10-15,17H2,1-4H3/t23?,24-,25?,27+,28+/m1/s1. The monoisotopic (exact) mass is 417 g/mol. The molecular formula is C28H35NO2. The Morgan fingerprint density at radius 3 is 2.58 bits per heavy atom. The molecule has 4 aliphatic carbocycles. The number of allylic oxidation sites excluding steroid dienone is 4. The van der Waals surface area contributed by atoms with Crippen molar-refractivity contribution in [3.8, 4) is 0 Å². The zero-order valence-corrected chi connectivity index (χ0v) is 19.4. The average molecular weight is 418 g/mol. The number of fused-ring (bicyclic) bond motifs is 4. The van der Waals surface area contributed by atoms with E-state index >= 15 is 0 Å². The lowest BCUT2D eigenvalue weighted by Crippen LogP contribution is -2.56. The predicted octanol–water partition coefficient (Wildman–Crippen LogP) is 6.06. The van der Waals surface area contributed by atoms with Gasteiger partial charge in [-0.15, -0.1) is 0 Å². The van der Waals surface area contributed by atoms with Gasteiger partial charge in [-0.05, 0) is 86.5 Å². The van der Waals surface area contributed by atoms with E-state index in [0.717, 1.165) is 38.5 Å². The summed E-state index contributed by atoms with van der Waals surface area (Å²) in [6, 6.07) is 11.0. The number of Topliss-reactive ketones (excluding diaryl/α,β-unsaturated/α-hetero) is 1. The summed E-state index contributed by atoms with van der Waals surface area (Å²) >= 11 is 0. The van der Waals surface area contributed by atoms with Gasteiger partial charge >= 0.3 is 0 Å². The van der Waals surface area contributed by atoms with Gasteiger partial charge in [0.25, 0.3) is 0 Å². The van der Waals surface area contributed by atoms with Crippen LogP contribution in [0.1, 0.15) is 70.3 Å². The van der Waals surface area contributed by atoms with Gasteiger partial charge in [0.15, 0.2) is 5.78 Å². The second-order valence-corrected chi connectivity index (χ2v) is 10.3. The molecule has 0 heterocycles. The van der Waals surface area contributed by atoms with E-state index in [0.29, 0.717) is 17.8 Å². The first-order chi connectivity index (χ1) is 14.9. The third kappa shape index (κ3) is 2.88. The van der Waals surface area contributed by atoms with Crippen LogP contribution in [0, 0.1) is 17.3 Å². The van der Waals surface area contributed by atoms with Crippen molar-refractivity contribution >= 4 is 11.5 Å². The second kappa shape index (κ2) is 7.55. The zero-order chi connectivity index (χ0) is 21.8. The van der Waals surface area contributed by atoms with Gasteiger partial charge in [-0.25, -0.2) is 0 Å². The van der Waals surface area contributed by atoms with Crippen LogP contribution >= 0.6 is 0 Å². The van der Waals surface area contributed by atoms with Gasteiger partial charge in [0, 0.05) is 31.2 Å². The summed E-state index contributed by atoms with van der Waals surface area (Å²) in [5.41, 5.74) is 6.66. The van der Waals surface area contributed by atoms with E-state index in [1.165, 1.54) is 23.3 Å². The van der Waals surface area contributed by atoms with Crippen LogP contribution in [-0.4, -0.2) is 31.3 Å². The number of carbonyl (C=O) groups excluding carboxylic acids is 1. The lowest BCUT2D eigenvalue weighted by Gasteiger charge is -2.55. The SMILES string of the molecule is CN=C1C=C2CCC3C(=C2CC1)[C@@H](c1ccccc1)C[C@@]1(C)C3CC[C@]1(OC)C(C)=O. The van der Waals surface area contributed by atoms with Crippen molar-refractivity contribution in [3.05, 3.63) is 58.7 Å². The maximum absolute atomic E-state index is 13.0. The summed E-state index contributed by atoms with van der Waals surface area (Å²) in [5, 5.41) is 0. The minimum absolute atomic E-state index is 0.130. The van der Waals surface area contributed by atoms with E-state index in [2.05, 4.69) is 48.3 Å². The van der Waals surface area contributed by atoms with Crippen LogP contribution in [0.2, 0.25) is 0 Å². The van der Waals surface area contributed by atoms with Gasteiger partial charge in [-0.3, -0.25) is 9.79 Å². The third-order valence-corrected chi connectivity index (χ3v) is 9.28. The van der Waals surface area contributed by atoms with Gasteiger partial charge in [0.1, 0.15) is 5.60 Å². The van der Waals surface area contributed by atoms with E-state index in [4.69, 9.17) is 4.74 Å². The van der Waals surface area contributed by atoms with Gasteiger partial charge in [-0.1, -0.05) is 42.8 Å². The molecular weight excluding hydrogens is 382 g/mol. The maximum atomic E-state index is 13.0. The van der Waals surface area contributed by atoms with Crippen molar-refractivity contribution in [3.63, 3.8) is 0 Å². The molecule has 31 heavy (non-hydrogen) atoms. The number of hydrogen-bond acceptors (Lipinski definition) is 3. The summed E-state index contributed by atoms with van der Waals surface area (Å²) in [7, 11) is 3.68. The molecule has 164 valence electrons. The first-order valence-corrected chi connectivity index (χ1v) is 12.0. The minimum atomic E-state index is -0.647. The Morgan fingerprint density at radius 2 is 1.90 bits per heavy atom. The molecule has 0 radical (unpaired) electrons. The van der Waals surface area contributed by atoms with Gasteiger partial charge in [0.2, 0.25) is 0 Å². The summed E-state index contributed by atoms with van der Waals surface area (Å²) in [4.78, 5) is 17.5. The van der Waals surface area contributed by atoms with Crippen LogP contribution < -0.4 is 0 Å². The van der Waals surface area contributed by atoms with Gasteiger partial charge in [-0.2, -0.15) is 0 Å². The number of hydrogen-bond donors (Lipinski definition) is 0. The molecule has 0 saturated heterocycles. The molecule has 4 aliphatic rings. The molecule has 0 aromatic heterocycles. The van der Waals surface area contributed by atoms with Crippen LogP contribution in [0.25, 0.3) is 0 Å². The number of aliphatic imine (C=N–C) groups is 1. The lowest BCUT2D eigenvalue weighted by atomic mass is 9.50. The second-order valence-electron chi connectivity index (χ2n) is 10.3. The van der Waals surface area contributed by atoms with Crippen LogP contribution in [0.3, 0.4) is 0 Å². The van der Waals surface area contributed by atoms with E-state index in [-0.39, 0.29) is 11.2 Å². The fourth-order valence-corrected chi connectivity index (χ4v) is 7.88. The summed E-state index contributed by atoms with van der Waals surface area (Å²) in [6.45, 7) is 4.11. The molecule has 2 fully saturated rings. The molecule has 1 aromatic carbocycles. The smallest absolute Gasteiger partial charge is 0.162 e. The first-order valence-electron chi connectivity index (χ1n) is 12.0. The number of nitrogens with zero attached hydrogens (tertiary/aromatic N) is 1. The number of benzene rings is 1. The third-order valence-electron chi connectivity index (χ3n) is 9.28. The van der Waals surface area contributed by atoms with Crippen molar-refractivity contribution in [2.24, 2.45) is 22.2 Å². The molecule has 3 nitrogen and oxygen atoms in total. The Kier molecular flexibility index (Phi) is 5.08. The molecule has 5 atom stereocenters. The summed E-state index contributed by atoms with van der Waals surface area (Å²) in [5.74, 6) is 1.63. The van der Waals surface area contributed by atoms with Crippen molar-refractivity contribution in [1.82, 2.24) is 0 Å². The summed E-state index contributed by atoms with van der Waals surface area (Å²) in [6.07, 6.45) is 9.78. The molecule has 3 heteroatoms. The molecule has 0 aliphatic heterocycles. The lowest BCUT2D eigenvalue weighted by molar-refractivity contribution is -0.160. The van der Waals surface area contributed by atoms with E-state index in [9.17, 15) is 4.79 Å². The van der Waals surface area contributed by atoms with Crippen molar-refractivity contribution < 1.29 is 9.53 Å². The topological polar surface area (TPSA) is 38.7 Å². The van der Waals surface area contributed by atoms with Gasteiger partial charge < -0.3 is 4.74 Å². The normalized spacial score (nSPS) is 38.4. The highest BCUT2D eigenvalue weighted by Crippen LogP contribution is 2.67. The Balaban J connectivity index is 1.70. The number of ketones is 1. The predicted molar refractivity (Wildman–Crippen MR) is 125 cm³/mol. The molecule has 1 aromatic rings.